The topological polar surface area (TPSA) is 83.8 Å². The number of hydrogen-bond acceptors (Lipinski definition) is 4. The lowest BCUT2D eigenvalue weighted by Crippen LogP contribution is -2.14. The van der Waals surface area contributed by atoms with E-state index in [9.17, 15) is 14.7 Å². The van der Waals surface area contributed by atoms with Gasteiger partial charge in [-0.2, -0.15) is 0 Å². The molecule has 0 aliphatic carbocycles. The Kier molecular flexibility index (Phi) is 4.85. The monoisotopic (exact) mass is 252 g/mol. The molecule has 0 aliphatic heterocycles. The van der Waals surface area contributed by atoms with Gasteiger partial charge in [-0.25, -0.2) is 4.79 Å². The van der Waals surface area contributed by atoms with Gasteiger partial charge >= 0.3 is 5.97 Å². The lowest BCUT2D eigenvalue weighted by atomic mass is 10.0. The number of rotatable bonds is 6. The summed E-state index contributed by atoms with van der Waals surface area (Å²) in [5, 5.41) is 18.4. The van der Waals surface area contributed by atoms with Crippen molar-refractivity contribution in [3.63, 3.8) is 0 Å². The Balaban J connectivity index is 3.33. The van der Waals surface area contributed by atoms with Gasteiger partial charge in [0.25, 0.3) is 0 Å². The van der Waals surface area contributed by atoms with Gasteiger partial charge in [0.2, 0.25) is 0 Å². The predicted molar refractivity (Wildman–Crippen MR) is 64.8 cm³/mol. The second-order valence-corrected chi connectivity index (χ2v) is 3.67. The summed E-state index contributed by atoms with van der Waals surface area (Å²) in [5.41, 5.74) is 0.404. The van der Waals surface area contributed by atoms with E-state index in [0.29, 0.717) is 5.56 Å². The maximum atomic E-state index is 11.7. The summed E-state index contributed by atoms with van der Waals surface area (Å²) in [4.78, 5) is 22.6. The molecule has 2 N–H and O–H groups in total. The lowest BCUT2D eigenvalue weighted by Gasteiger charge is -2.15. The van der Waals surface area contributed by atoms with Crippen molar-refractivity contribution in [2.45, 2.75) is 26.4 Å². The van der Waals surface area contributed by atoms with Gasteiger partial charge in [0.05, 0.1) is 12.2 Å². The van der Waals surface area contributed by atoms with Crippen LogP contribution < -0.4 is 4.74 Å². The number of para-hydroxylation sites is 1. The number of carbonyl (C=O) groups is 2. The standard InChI is InChI=1S/C13H16O5/c1-3-10(14)8-6-5-7-9(11(15)13(16)17)12(8)18-4-2/h5-7,11,15H,3-4H2,1-2H3,(H,16,17). The minimum Gasteiger partial charge on any atom is -0.493 e. The first-order valence-corrected chi connectivity index (χ1v) is 5.72. The van der Waals surface area contributed by atoms with Crippen molar-refractivity contribution < 1.29 is 24.5 Å². The largest absolute Gasteiger partial charge is 0.493 e. The molecule has 0 aliphatic rings. The molecule has 0 bridgehead atoms. The third-order valence-corrected chi connectivity index (χ3v) is 2.48. The van der Waals surface area contributed by atoms with E-state index in [1.54, 1.807) is 19.9 Å². The van der Waals surface area contributed by atoms with Crippen LogP contribution in [0.2, 0.25) is 0 Å². The Morgan fingerprint density at radius 3 is 2.50 bits per heavy atom. The van der Waals surface area contributed by atoms with E-state index in [-0.39, 0.29) is 30.1 Å². The second-order valence-electron chi connectivity index (χ2n) is 3.67. The van der Waals surface area contributed by atoms with Crippen LogP contribution in [0.3, 0.4) is 0 Å². The van der Waals surface area contributed by atoms with Gasteiger partial charge in [-0.05, 0) is 13.0 Å². The summed E-state index contributed by atoms with van der Waals surface area (Å²) in [6, 6.07) is 4.54. The van der Waals surface area contributed by atoms with E-state index in [2.05, 4.69) is 0 Å². The van der Waals surface area contributed by atoms with E-state index < -0.39 is 12.1 Å². The van der Waals surface area contributed by atoms with Crippen molar-refractivity contribution in [2.75, 3.05) is 6.61 Å². The molecule has 0 amide bonds. The lowest BCUT2D eigenvalue weighted by molar-refractivity contribution is -0.147. The average Bonchev–Trinajstić information content (AvgIpc) is 2.37. The number of benzene rings is 1. The molecule has 1 unspecified atom stereocenters. The van der Waals surface area contributed by atoms with Gasteiger partial charge in [-0.15, -0.1) is 0 Å². The number of aliphatic hydroxyl groups is 1. The fraction of sp³-hybridized carbons (Fsp3) is 0.385. The molecule has 0 spiro atoms. The number of aliphatic carboxylic acids is 1. The van der Waals surface area contributed by atoms with Crippen LogP contribution in [-0.2, 0) is 4.79 Å². The first-order chi connectivity index (χ1) is 8.52. The summed E-state index contributed by atoms with van der Waals surface area (Å²) in [7, 11) is 0. The number of carboxylic acids is 1. The number of Topliss-reactive ketones (excluding diaryl/α,β-unsaturated/α-hetero) is 1. The number of carbonyl (C=O) groups excluding carboxylic acids is 1. The molecule has 5 nitrogen and oxygen atoms in total. The Morgan fingerprint density at radius 2 is 2.00 bits per heavy atom. The Labute approximate surface area is 105 Å². The molecule has 1 rings (SSSR count). The Morgan fingerprint density at radius 1 is 1.33 bits per heavy atom. The predicted octanol–water partition coefficient (Wildman–Crippen LogP) is 1.80. The molecule has 1 aromatic rings. The maximum Gasteiger partial charge on any atom is 0.337 e. The van der Waals surface area contributed by atoms with E-state index in [0.717, 1.165) is 0 Å². The minimum absolute atomic E-state index is 0.101. The van der Waals surface area contributed by atoms with Crippen molar-refractivity contribution >= 4 is 11.8 Å². The molecule has 1 aromatic carbocycles. The zero-order chi connectivity index (χ0) is 13.7. The van der Waals surface area contributed by atoms with Crippen LogP contribution in [0, 0.1) is 0 Å². The molecule has 1 atom stereocenters. The van der Waals surface area contributed by atoms with Crippen LogP contribution in [0.15, 0.2) is 18.2 Å². The van der Waals surface area contributed by atoms with Crippen molar-refractivity contribution in [1.82, 2.24) is 0 Å². The van der Waals surface area contributed by atoms with Gasteiger partial charge in [0, 0.05) is 12.0 Å². The van der Waals surface area contributed by atoms with Gasteiger partial charge in [-0.3, -0.25) is 4.79 Å². The van der Waals surface area contributed by atoms with Crippen LogP contribution in [0.4, 0.5) is 0 Å². The van der Waals surface area contributed by atoms with Gasteiger partial charge in [0.1, 0.15) is 5.75 Å². The summed E-state index contributed by atoms with van der Waals surface area (Å²) in [6.45, 7) is 3.72. The summed E-state index contributed by atoms with van der Waals surface area (Å²) >= 11 is 0. The normalized spacial score (nSPS) is 11.9. The molecule has 98 valence electrons. The zero-order valence-corrected chi connectivity index (χ0v) is 10.3. The Bertz CT molecular complexity index is 453. The van der Waals surface area contributed by atoms with E-state index in [1.165, 1.54) is 12.1 Å². The van der Waals surface area contributed by atoms with Crippen LogP contribution in [0.5, 0.6) is 5.75 Å². The van der Waals surface area contributed by atoms with Crippen LogP contribution in [-0.4, -0.2) is 28.6 Å². The Hall–Kier alpha value is -1.88. The molecule has 0 fully saturated rings. The summed E-state index contributed by atoms with van der Waals surface area (Å²) in [5.74, 6) is -1.38. The maximum absolute atomic E-state index is 11.7. The van der Waals surface area contributed by atoms with Crippen LogP contribution in [0.25, 0.3) is 0 Å². The van der Waals surface area contributed by atoms with Crippen molar-refractivity contribution in [3.05, 3.63) is 29.3 Å². The number of hydrogen-bond donors (Lipinski definition) is 2. The minimum atomic E-state index is -1.70. The first-order valence-electron chi connectivity index (χ1n) is 5.72. The average molecular weight is 252 g/mol. The molecular formula is C13H16O5. The van der Waals surface area contributed by atoms with Crippen LogP contribution >= 0.6 is 0 Å². The molecule has 0 saturated carbocycles. The third kappa shape index (κ3) is 2.87. The molecule has 5 heteroatoms. The van der Waals surface area contributed by atoms with Crippen LogP contribution in [0.1, 0.15) is 42.3 Å². The summed E-state index contributed by atoms with van der Waals surface area (Å²) in [6.07, 6.45) is -1.41. The van der Waals surface area contributed by atoms with Crippen molar-refractivity contribution in [3.8, 4) is 5.75 Å². The third-order valence-electron chi connectivity index (χ3n) is 2.48. The fourth-order valence-electron chi connectivity index (χ4n) is 1.62. The van der Waals surface area contributed by atoms with E-state index in [1.807, 2.05) is 0 Å². The molecule has 0 heterocycles. The second kappa shape index (κ2) is 6.16. The molecule has 0 saturated heterocycles. The SMILES string of the molecule is CCOc1c(C(=O)CC)cccc1C(O)C(=O)O. The highest BCUT2D eigenvalue weighted by molar-refractivity contribution is 5.99. The van der Waals surface area contributed by atoms with Gasteiger partial charge < -0.3 is 14.9 Å². The molecular weight excluding hydrogens is 236 g/mol. The highest BCUT2D eigenvalue weighted by atomic mass is 16.5. The molecule has 0 aromatic heterocycles. The highest BCUT2D eigenvalue weighted by Crippen LogP contribution is 2.30. The first kappa shape index (κ1) is 14.2. The summed E-state index contributed by atoms with van der Waals surface area (Å²) < 4.78 is 5.32. The number of ether oxygens (including phenoxy) is 1. The van der Waals surface area contributed by atoms with Crippen molar-refractivity contribution in [2.24, 2.45) is 0 Å². The smallest absolute Gasteiger partial charge is 0.337 e. The van der Waals surface area contributed by atoms with Crippen molar-refractivity contribution in [1.29, 1.82) is 0 Å². The fourth-order valence-corrected chi connectivity index (χ4v) is 1.62. The number of ketones is 1. The zero-order valence-electron chi connectivity index (χ0n) is 10.3. The van der Waals surface area contributed by atoms with E-state index in [4.69, 9.17) is 9.84 Å². The molecule has 0 radical (unpaired) electrons. The quantitative estimate of drug-likeness (QED) is 0.754. The van der Waals surface area contributed by atoms with E-state index >= 15 is 0 Å². The number of carboxylic acid groups (broad SMARTS) is 1. The molecule has 18 heavy (non-hydrogen) atoms. The highest BCUT2D eigenvalue weighted by Gasteiger charge is 2.24. The van der Waals surface area contributed by atoms with Gasteiger partial charge in [0.15, 0.2) is 11.9 Å². The van der Waals surface area contributed by atoms with Gasteiger partial charge in [-0.1, -0.05) is 19.1 Å². The number of aliphatic hydroxyl groups excluding tert-OH is 1.